The molecule has 0 bridgehead atoms. The molecular weight excluding hydrogens is 298 g/mol. The van der Waals surface area contributed by atoms with Gasteiger partial charge in [-0.25, -0.2) is 4.68 Å². The second-order valence-corrected chi connectivity index (χ2v) is 5.24. The zero-order valence-corrected chi connectivity index (χ0v) is 12.8. The highest BCUT2D eigenvalue weighted by atomic mass is 79.9. The van der Waals surface area contributed by atoms with E-state index < -0.39 is 0 Å². The second-order valence-electron chi connectivity index (χ2n) is 4.44. The molecule has 1 aromatic rings. The van der Waals surface area contributed by atoms with Gasteiger partial charge in [0.25, 0.3) is 5.56 Å². The van der Waals surface area contributed by atoms with Crippen LogP contribution in [0, 0.1) is 5.92 Å². The van der Waals surface area contributed by atoms with E-state index in [-0.39, 0.29) is 11.6 Å². The van der Waals surface area contributed by atoms with E-state index in [9.17, 15) is 4.79 Å². The Morgan fingerprint density at radius 2 is 2.22 bits per heavy atom. The van der Waals surface area contributed by atoms with E-state index in [2.05, 4.69) is 40.2 Å². The third-order valence-corrected chi connectivity index (χ3v) is 3.54. The Bertz CT molecular complexity index is 445. The van der Waals surface area contributed by atoms with Gasteiger partial charge in [-0.2, -0.15) is 5.10 Å². The highest BCUT2D eigenvalue weighted by molar-refractivity contribution is 9.10. The van der Waals surface area contributed by atoms with Crippen molar-refractivity contribution >= 4 is 21.6 Å². The fraction of sp³-hybridized carbons (Fsp3) is 0.667. The summed E-state index contributed by atoms with van der Waals surface area (Å²) in [6.45, 7) is 7.23. The van der Waals surface area contributed by atoms with E-state index in [4.69, 9.17) is 4.74 Å². The number of hydrogen-bond donors (Lipinski definition) is 1. The van der Waals surface area contributed by atoms with Crippen LogP contribution in [0.25, 0.3) is 0 Å². The lowest BCUT2D eigenvalue weighted by atomic mass is 10.1. The summed E-state index contributed by atoms with van der Waals surface area (Å²) in [4.78, 5) is 11.9. The average Bonchev–Trinajstić information content (AvgIpc) is 2.34. The minimum absolute atomic E-state index is 0.123. The SMILES string of the molecule is CCn1ncc(NC(COC)C(C)C)c(Br)c1=O. The number of halogens is 1. The number of methoxy groups -OCH3 is 1. The van der Waals surface area contributed by atoms with Gasteiger partial charge in [-0.05, 0) is 28.8 Å². The molecule has 1 atom stereocenters. The molecule has 1 aromatic heterocycles. The van der Waals surface area contributed by atoms with Gasteiger partial charge in [0.15, 0.2) is 0 Å². The van der Waals surface area contributed by atoms with Gasteiger partial charge < -0.3 is 10.1 Å². The molecule has 0 fully saturated rings. The number of aryl methyl sites for hydroxylation is 1. The fourth-order valence-corrected chi connectivity index (χ4v) is 1.99. The molecule has 6 heteroatoms. The third-order valence-electron chi connectivity index (χ3n) is 2.78. The zero-order chi connectivity index (χ0) is 13.7. The van der Waals surface area contributed by atoms with E-state index >= 15 is 0 Å². The van der Waals surface area contributed by atoms with Crippen LogP contribution in [0.2, 0.25) is 0 Å². The molecule has 0 amide bonds. The summed E-state index contributed by atoms with van der Waals surface area (Å²) in [5, 5.41) is 7.39. The first-order valence-electron chi connectivity index (χ1n) is 6.02. The van der Waals surface area contributed by atoms with Crippen molar-refractivity contribution in [3.8, 4) is 0 Å². The Morgan fingerprint density at radius 3 is 2.72 bits per heavy atom. The minimum Gasteiger partial charge on any atom is -0.383 e. The Labute approximate surface area is 116 Å². The van der Waals surface area contributed by atoms with E-state index in [1.54, 1.807) is 13.3 Å². The van der Waals surface area contributed by atoms with Crippen LogP contribution in [-0.2, 0) is 11.3 Å². The molecule has 0 saturated carbocycles. The van der Waals surface area contributed by atoms with Gasteiger partial charge in [0, 0.05) is 13.7 Å². The van der Waals surface area contributed by atoms with Gasteiger partial charge >= 0.3 is 0 Å². The quantitative estimate of drug-likeness (QED) is 0.873. The second kappa shape index (κ2) is 6.89. The maximum Gasteiger partial charge on any atom is 0.283 e. The smallest absolute Gasteiger partial charge is 0.283 e. The van der Waals surface area contributed by atoms with Crippen LogP contribution >= 0.6 is 15.9 Å². The lowest BCUT2D eigenvalue weighted by molar-refractivity contribution is 0.171. The predicted octanol–water partition coefficient (Wildman–Crippen LogP) is 2.11. The first-order valence-corrected chi connectivity index (χ1v) is 6.81. The maximum absolute atomic E-state index is 11.9. The molecule has 1 unspecified atom stereocenters. The molecule has 0 radical (unpaired) electrons. The van der Waals surface area contributed by atoms with Gasteiger partial charge in [-0.1, -0.05) is 13.8 Å². The summed E-state index contributed by atoms with van der Waals surface area (Å²) >= 11 is 3.32. The van der Waals surface area contributed by atoms with Crippen LogP contribution in [0.4, 0.5) is 5.69 Å². The van der Waals surface area contributed by atoms with Crippen LogP contribution in [-0.4, -0.2) is 29.5 Å². The Morgan fingerprint density at radius 1 is 1.56 bits per heavy atom. The number of hydrogen-bond acceptors (Lipinski definition) is 4. The molecule has 1 rings (SSSR count). The van der Waals surface area contributed by atoms with Crippen LogP contribution in [0.3, 0.4) is 0 Å². The van der Waals surface area contributed by atoms with E-state index in [0.29, 0.717) is 29.2 Å². The molecular formula is C12H20BrN3O2. The van der Waals surface area contributed by atoms with Crippen molar-refractivity contribution in [3.63, 3.8) is 0 Å². The van der Waals surface area contributed by atoms with Gasteiger partial charge in [-0.3, -0.25) is 4.79 Å². The molecule has 0 spiro atoms. The van der Waals surface area contributed by atoms with Crippen LogP contribution < -0.4 is 10.9 Å². The monoisotopic (exact) mass is 317 g/mol. The summed E-state index contributed by atoms with van der Waals surface area (Å²) in [7, 11) is 1.67. The number of ether oxygens (including phenoxy) is 1. The summed E-state index contributed by atoms with van der Waals surface area (Å²) in [5.74, 6) is 0.394. The molecule has 1 N–H and O–H groups in total. The maximum atomic E-state index is 11.9. The van der Waals surface area contributed by atoms with Gasteiger partial charge in [-0.15, -0.1) is 0 Å². The molecule has 0 aliphatic carbocycles. The third kappa shape index (κ3) is 3.55. The topological polar surface area (TPSA) is 56.1 Å². The molecule has 0 aliphatic rings. The van der Waals surface area contributed by atoms with Crippen molar-refractivity contribution in [2.24, 2.45) is 5.92 Å². The first-order chi connectivity index (χ1) is 8.51. The number of rotatable bonds is 6. The number of aromatic nitrogens is 2. The van der Waals surface area contributed by atoms with Crippen molar-refractivity contribution in [3.05, 3.63) is 21.0 Å². The largest absolute Gasteiger partial charge is 0.383 e. The molecule has 0 aromatic carbocycles. The van der Waals surface area contributed by atoms with Crippen LogP contribution in [0.15, 0.2) is 15.5 Å². The normalized spacial score (nSPS) is 12.8. The van der Waals surface area contributed by atoms with Crippen molar-refractivity contribution in [2.75, 3.05) is 19.0 Å². The summed E-state index contributed by atoms with van der Waals surface area (Å²) < 4.78 is 7.10. The van der Waals surface area contributed by atoms with E-state index in [1.165, 1.54) is 4.68 Å². The Balaban J connectivity index is 2.97. The predicted molar refractivity (Wildman–Crippen MR) is 76.0 cm³/mol. The standard InChI is InChI=1S/C12H20BrN3O2/c1-5-16-12(17)11(13)9(6-14-16)15-10(7-18-4)8(2)3/h6,8,10,15H,5,7H2,1-4H3. The van der Waals surface area contributed by atoms with E-state index in [0.717, 1.165) is 0 Å². The lowest BCUT2D eigenvalue weighted by Gasteiger charge is -2.23. The average molecular weight is 318 g/mol. The molecule has 5 nitrogen and oxygen atoms in total. The van der Waals surface area contributed by atoms with Crippen LogP contribution in [0.1, 0.15) is 20.8 Å². The van der Waals surface area contributed by atoms with Gasteiger partial charge in [0.05, 0.1) is 24.5 Å². The summed E-state index contributed by atoms with van der Waals surface area (Å²) in [6, 6.07) is 0.143. The molecule has 18 heavy (non-hydrogen) atoms. The highest BCUT2D eigenvalue weighted by Crippen LogP contribution is 2.19. The molecule has 1 heterocycles. The van der Waals surface area contributed by atoms with E-state index in [1.807, 2.05) is 6.92 Å². The van der Waals surface area contributed by atoms with Gasteiger partial charge in [0.2, 0.25) is 0 Å². The zero-order valence-electron chi connectivity index (χ0n) is 11.2. The number of nitrogens with zero attached hydrogens (tertiary/aromatic N) is 2. The highest BCUT2D eigenvalue weighted by Gasteiger charge is 2.16. The van der Waals surface area contributed by atoms with Crippen molar-refractivity contribution in [2.45, 2.75) is 33.4 Å². The lowest BCUT2D eigenvalue weighted by Crippen LogP contribution is -2.32. The minimum atomic E-state index is -0.123. The summed E-state index contributed by atoms with van der Waals surface area (Å²) in [5.41, 5.74) is 0.586. The van der Waals surface area contributed by atoms with Gasteiger partial charge in [0.1, 0.15) is 4.47 Å². The molecule has 102 valence electrons. The Kier molecular flexibility index (Phi) is 5.81. The van der Waals surface area contributed by atoms with Crippen molar-refractivity contribution in [1.82, 2.24) is 9.78 Å². The fourth-order valence-electron chi connectivity index (χ4n) is 1.57. The summed E-state index contributed by atoms with van der Waals surface area (Å²) in [6.07, 6.45) is 1.67. The van der Waals surface area contributed by atoms with Crippen LogP contribution in [0.5, 0.6) is 0 Å². The van der Waals surface area contributed by atoms with Crippen molar-refractivity contribution < 1.29 is 4.74 Å². The molecule has 0 saturated heterocycles. The van der Waals surface area contributed by atoms with Crippen molar-refractivity contribution in [1.29, 1.82) is 0 Å². The first kappa shape index (κ1) is 15.2. The number of anilines is 1. The number of nitrogens with one attached hydrogen (secondary N) is 1. The molecule has 0 aliphatic heterocycles. The Hall–Kier alpha value is -0.880.